The van der Waals surface area contributed by atoms with Crippen molar-refractivity contribution in [3.63, 3.8) is 0 Å². The van der Waals surface area contributed by atoms with Gasteiger partial charge in [-0.25, -0.2) is 4.79 Å². The highest BCUT2D eigenvalue weighted by Crippen LogP contribution is 2.19. The van der Waals surface area contributed by atoms with E-state index in [0.29, 0.717) is 6.42 Å². The molecule has 0 spiro atoms. The van der Waals surface area contributed by atoms with Gasteiger partial charge >= 0.3 is 11.9 Å². The van der Waals surface area contributed by atoms with Crippen LogP contribution in [-0.2, 0) is 30.4 Å². The van der Waals surface area contributed by atoms with Crippen LogP contribution in [0.5, 0.6) is 0 Å². The van der Waals surface area contributed by atoms with Crippen molar-refractivity contribution in [3.05, 3.63) is 36.0 Å². The molecule has 0 radical (unpaired) electrons. The molecule has 1 aromatic heterocycles. The topological polar surface area (TPSA) is 204 Å². The molecule has 12 heteroatoms. The molecule has 5 unspecified atom stereocenters. The maximum atomic E-state index is 13.2. The molecule has 0 aliphatic rings. The molecule has 0 aliphatic carbocycles. The number of para-hydroxylation sites is 1. The predicted octanol–water partition coefficient (Wildman–Crippen LogP) is 0.754. The second-order valence-corrected chi connectivity index (χ2v) is 9.77. The summed E-state index contributed by atoms with van der Waals surface area (Å²) in [7, 11) is 0. The number of carboxylic acid groups (broad SMARTS) is 2. The Hall–Kier alpha value is -3.93. The number of carboxylic acids is 2. The van der Waals surface area contributed by atoms with Crippen molar-refractivity contribution in [1.82, 2.24) is 20.9 Å². The SMILES string of the molecule is CCC(C)C(NC(=O)C(N)Cc1c[nH]c2ccccc12)C(=O)NC(CC(=O)O)C(=O)NC(C(=O)O)C(C)C. The molecule has 0 aliphatic heterocycles. The number of amides is 3. The third kappa shape index (κ3) is 8.04. The average molecular weight is 532 g/mol. The standard InChI is InChI=1S/C26H37N5O7/c1-5-14(4)22(31-23(34)17(27)10-15-12-28-18-9-7-6-8-16(15)18)25(36)29-19(11-20(32)33)24(35)30-21(13(2)3)26(37)38/h6-9,12-14,17,19,21-22,28H,5,10-11,27H2,1-4H3,(H,29,36)(H,30,35)(H,31,34)(H,32,33)(H,37,38). The molecule has 8 N–H and O–H groups in total. The highest BCUT2D eigenvalue weighted by molar-refractivity contribution is 5.96. The van der Waals surface area contributed by atoms with Gasteiger partial charge in [-0.15, -0.1) is 0 Å². The van der Waals surface area contributed by atoms with Gasteiger partial charge in [0.25, 0.3) is 0 Å². The highest BCUT2D eigenvalue weighted by atomic mass is 16.4. The number of fused-ring (bicyclic) bond motifs is 1. The Morgan fingerprint density at radius 2 is 1.55 bits per heavy atom. The highest BCUT2D eigenvalue weighted by Gasteiger charge is 2.34. The maximum absolute atomic E-state index is 13.2. The summed E-state index contributed by atoms with van der Waals surface area (Å²) in [5, 5.41) is 26.8. The van der Waals surface area contributed by atoms with Crippen molar-refractivity contribution < 1.29 is 34.2 Å². The van der Waals surface area contributed by atoms with Gasteiger partial charge in [-0.2, -0.15) is 0 Å². The van der Waals surface area contributed by atoms with E-state index in [4.69, 9.17) is 5.73 Å². The molecule has 2 aromatic rings. The van der Waals surface area contributed by atoms with Crippen molar-refractivity contribution in [2.75, 3.05) is 0 Å². The van der Waals surface area contributed by atoms with Crippen molar-refractivity contribution >= 4 is 40.6 Å². The lowest BCUT2D eigenvalue weighted by Crippen LogP contribution is -2.59. The summed E-state index contributed by atoms with van der Waals surface area (Å²) in [6.07, 6.45) is 1.69. The zero-order valence-electron chi connectivity index (χ0n) is 22.0. The maximum Gasteiger partial charge on any atom is 0.326 e. The Labute approximate surface area is 220 Å². The zero-order valence-corrected chi connectivity index (χ0v) is 22.0. The van der Waals surface area contributed by atoms with Crippen molar-refractivity contribution in [2.24, 2.45) is 17.6 Å². The van der Waals surface area contributed by atoms with Gasteiger partial charge in [0.2, 0.25) is 17.7 Å². The fourth-order valence-electron chi connectivity index (χ4n) is 4.01. The first-order valence-corrected chi connectivity index (χ1v) is 12.5. The number of aromatic amines is 1. The van der Waals surface area contributed by atoms with E-state index < -0.39 is 66.2 Å². The lowest BCUT2D eigenvalue weighted by Gasteiger charge is -2.28. The van der Waals surface area contributed by atoms with Crippen LogP contribution >= 0.6 is 0 Å². The summed E-state index contributed by atoms with van der Waals surface area (Å²) in [4.78, 5) is 64.9. The number of nitrogens with two attached hydrogens (primary N) is 1. The number of carbonyl (C=O) groups excluding carboxylic acids is 3. The number of aromatic nitrogens is 1. The molecule has 2 rings (SSSR count). The number of hydrogen-bond acceptors (Lipinski definition) is 6. The van der Waals surface area contributed by atoms with Crippen LogP contribution in [0, 0.1) is 11.8 Å². The largest absolute Gasteiger partial charge is 0.481 e. The van der Waals surface area contributed by atoms with Gasteiger partial charge in [-0.1, -0.05) is 52.3 Å². The molecular formula is C26H37N5O7. The van der Waals surface area contributed by atoms with Gasteiger partial charge in [0.1, 0.15) is 18.1 Å². The molecule has 0 saturated heterocycles. The summed E-state index contributed by atoms with van der Waals surface area (Å²) in [5.74, 6) is -5.83. The number of nitrogens with one attached hydrogen (secondary N) is 4. The molecule has 0 saturated carbocycles. The fraction of sp³-hybridized carbons (Fsp3) is 0.500. The Morgan fingerprint density at radius 1 is 0.921 bits per heavy atom. The normalized spacial score (nSPS) is 15.2. The summed E-state index contributed by atoms with van der Waals surface area (Å²) in [6, 6.07) is 2.65. The number of benzene rings is 1. The smallest absolute Gasteiger partial charge is 0.326 e. The molecule has 12 nitrogen and oxygen atoms in total. The van der Waals surface area contributed by atoms with E-state index in [1.54, 1.807) is 27.0 Å². The average Bonchev–Trinajstić information content (AvgIpc) is 3.26. The van der Waals surface area contributed by atoms with Gasteiger partial charge in [0.15, 0.2) is 0 Å². The Morgan fingerprint density at radius 3 is 2.13 bits per heavy atom. The summed E-state index contributed by atoms with van der Waals surface area (Å²) < 4.78 is 0. The van der Waals surface area contributed by atoms with Crippen LogP contribution in [0.3, 0.4) is 0 Å². The third-order valence-corrected chi connectivity index (χ3v) is 6.49. The van der Waals surface area contributed by atoms with E-state index in [-0.39, 0.29) is 12.3 Å². The van der Waals surface area contributed by atoms with Crippen molar-refractivity contribution in [1.29, 1.82) is 0 Å². The second kappa shape index (κ2) is 13.6. The molecule has 208 valence electrons. The van der Waals surface area contributed by atoms with Gasteiger partial charge in [-0.05, 0) is 29.9 Å². The lowest BCUT2D eigenvalue weighted by molar-refractivity contribution is -0.144. The number of carbonyl (C=O) groups is 5. The Bertz CT molecular complexity index is 1160. The summed E-state index contributed by atoms with van der Waals surface area (Å²) in [6.45, 7) is 6.70. The number of aliphatic carboxylic acids is 2. The van der Waals surface area contributed by atoms with E-state index in [0.717, 1.165) is 16.5 Å². The van der Waals surface area contributed by atoms with Crippen LogP contribution in [-0.4, -0.2) is 69.0 Å². The van der Waals surface area contributed by atoms with E-state index in [1.165, 1.54) is 0 Å². The molecule has 1 aromatic carbocycles. The predicted molar refractivity (Wildman–Crippen MR) is 140 cm³/mol. The van der Waals surface area contributed by atoms with E-state index in [1.807, 2.05) is 31.2 Å². The third-order valence-electron chi connectivity index (χ3n) is 6.49. The second-order valence-electron chi connectivity index (χ2n) is 9.77. The molecule has 0 bridgehead atoms. The molecule has 3 amide bonds. The number of H-pyrrole nitrogens is 1. The first-order valence-electron chi connectivity index (χ1n) is 12.5. The molecule has 38 heavy (non-hydrogen) atoms. The van der Waals surface area contributed by atoms with Crippen LogP contribution in [0.1, 0.15) is 46.1 Å². The Balaban J connectivity index is 2.16. The molecule has 0 fully saturated rings. The quantitative estimate of drug-likeness (QED) is 0.185. The minimum Gasteiger partial charge on any atom is -0.481 e. The first-order chi connectivity index (χ1) is 17.8. The van der Waals surface area contributed by atoms with E-state index >= 15 is 0 Å². The van der Waals surface area contributed by atoms with Crippen molar-refractivity contribution in [3.8, 4) is 0 Å². The van der Waals surface area contributed by atoms with Crippen LogP contribution in [0.15, 0.2) is 30.5 Å². The number of hydrogen-bond donors (Lipinski definition) is 7. The summed E-state index contributed by atoms with van der Waals surface area (Å²) >= 11 is 0. The zero-order chi connectivity index (χ0) is 28.6. The minimum atomic E-state index is -1.55. The van der Waals surface area contributed by atoms with E-state index in [9.17, 15) is 34.2 Å². The van der Waals surface area contributed by atoms with Crippen LogP contribution < -0.4 is 21.7 Å². The van der Waals surface area contributed by atoms with Gasteiger partial charge < -0.3 is 36.9 Å². The Kier molecular flexibility index (Phi) is 10.8. The van der Waals surface area contributed by atoms with Gasteiger partial charge in [0.05, 0.1) is 12.5 Å². The van der Waals surface area contributed by atoms with E-state index in [2.05, 4.69) is 20.9 Å². The molecular weight excluding hydrogens is 494 g/mol. The van der Waals surface area contributed by atoms with Gasteiger partial charge in [-0.3, -0.25) is 19.2 Å². The first kappa shape index (κ1) is 30.3. The van der Waals surface area contributed by atoms with Crippen LogP contribution in [0.25, 0.3) is 10.9 Å². The minimum absolute atomic E-state index is 0.209. The van der Waals surface area contributed by atoms with Gasteiger partial charge in [0, 0.05) is 17.1 Å². The van der Waals surface area contributed by atoms with Crippen LogP contribution in [0.4, 0.5) is 0 Å². The monoisotopic (exact) mass is 531 g/mol. The van der Waals surface area contributed by atoms with Crippen molar-refractivity contribution in [2.45, 2.75) is 71.1 Å². The molecule has 5 atom stereocenters. The number of rotatable bonds is 14. The lowest BCUT2D eigenvalue weighted by atomic mass is 9.96. The molecule has 1 heterocycles. The van der Waals surface area contributed by atoms with Crippen LogP contribution in [0.2, 0.25) is 0 Å². The fourth-order valence-corrected chi connectivity index (χ4v) is 4.01. The summed E-state index contributed by atoms with van der Waals surface area (Å²) in [5.41, 5.74) is 7.90.